The minimum absolute atomic E-state index is 0.0196. The summed E-state index contributed by atoms with van der Waals surface area (Å²) in [7, 11) is -3.68. The zero-order valence-corrected chi connectivity index (χ0v) is 15.2. The van der Waals surface area contributed by atoms with Crippen LogP contribution in [0.5, 0.6) is 0 Å². The molecule has 0 spiro atoms. The van der Waals surface area contributed by atoms with Crippen molar-refractivity contribution in [3.63, 3.8) is 0 Å². The molecule has 0 aliphatic heterocycles. The quantitative estimate of drug-likeness (QED) is 0.857. The van der Waals surface area contributed by atoms with E-state index in [1.807, 2.05) is 6.92 Å². The summed E-state index contributed by atoms with van der Waals surface area (Å²) in [4.78, 5) is 13.3. The SMILES string of the molecule is CC(=O)N(CCNS(=O)(=O)c1ccc(C)cc1C)c1cccc(F)c1. The molecular formula is C18H21FN2O3S. The molecule has 2 aromatic rings. The lowest BCUT2D eigenvalue weighted by Crippen LogP contribution is -2.37. The van der Waals surface area contributed by atoms with Crippen LogP contribution in [0.1, 0.15) is 18.1 Å². The number of benzene rings is 2. The van der Waals surface area contributed by atoms with E-state index in [4.69, 9.17) is 0 Å². The van der Waals surface area contributed by atoms with Crippen LogP contribution in [0.2, 0.25) is 0 Å². The van der Waals surface area contributed by atoms with E-state index in [1.165, 1.54) is 30.0 Å². The van der Waals surface area contributed by atoms with Gasteiger partial charge in [-0.3, -0.25) is 4.79 Å². The lowest BCUT2D eigenvalue weighted by Gasteiger charge is -2.21. The number of nitrogens with zero attached hydrogens (tertiary/aromatic N) is 1. The van der Waals surface area contributed by atoms with E-state index >= 15 is 0 Å². The molecule has 7 heteroatoms. The van der Waals surface area contributed by atoms with E-state index in [2.05, 4.69) is 4.72 Å². The van der Waals surface area contributed by atoms with Gasteiger partial charge in [-0.25, -0.2) is 17.5 Å². The monoisotopic (exact) mass is 364 g/mol. The molecule has 0 aromatic heterocycles. The van der Waals surface area contributed by atoms with E-state index < -0.39 is 15.8 Å². The van der Waals surface area contributed by atoms with Crippen LogP contribution < -0.4 is 9.62 Å². The van der Waals surface area contributed by atoms with Crippen LogP contribution >= 0.6 is 0 Å². The lowest BCUT2D eigenvalue weighted by molar-refractivity contribution is -0.116. The van der Waals surface area contributed by atoms with E-state index in [0.29, 0.717) is 11.3 Å². The number of amides is 1. The maximum atomic E-state index is 13.4. The van der Waals surface area contributed by atoms with Crippen molar-refractivity contribution >= 4 is 21.6 Å². The van der Waals surface area contributed by atoms with Crippen molar-refractivity contribution in [3.05, 3.63) is 59.4 Å². The molecule has 0 heterocycles. The molecule has 1 N–H and O–H groups in total. The predicted molar refractivity (Wildman–Crippen MR) is 95.5 cm³/mol. The number of nitrogens with one attached hydrogen (secondary N) is 1. The van der Waals surface area contributed by atoms with Crippen molar-refractivity contribution in [3.8, 4) is 0 Å². The van der Waals surface area contributed by atoms with Gasteiger partial charge in [0.25, 0.3) is 0 Å². The van der Waals surface area contributed by atoms with Gasteiger partial charge in [-0.1, -0.05) is 23.8 Å². The third-order valence-corrected chi connectivity index (χ3v) is 5.37. The second-order valence-corrected chi connectivity index (χ2v) is 7.55. The number of hydrogen-bond donors (Lipinski definition) is 1. The van der Waals surface area contributed by atoms with Crippen LogP contribution in [-0.4, -0.2) is 27.4 Å². The Labute approximate surface area is 147 Å². The average Bonchev–Trinajstić information content (AvgIpc) is 2.50. The molecule has 0 fully saturated rings. The fourth-order valence-corrected chi connectivity index (χ4v) is 3.83. The maximum Gasteiger partial charge on any atom is 0.240 e. The smallest absolute Gasteiger partial charge is 0.240 e. The van der Waals surface area contributed by atoms with Crippen LogP contribution in [0.15, 0.2) is 47.4 Å². The van der Waals surface area contributed by atoms with Gasteiger partial charge >= 0.3 is 0 Å². The Kier molecular flexibility index (Phi) is 5.92. The number of halogens is 1. The first-order valence-electron chi connectivity index (χ1n) is 7.81. The minimum atomic E-state index is -3.68. The molecule has 1 amide bonds. The summed E-state index contributed by atoms with van der Waals surface area (Å²) in [6, 6.07) is 10.7. The molecule has 2 aromatic carbocycles. The summed E-state index contributed by atoms with van der Waals surface area (Å²) in [5.41, 5.74) is 2.02. The van der Waals surface area contributed by atoms with Crippen LogP contribution in [0.25, 0.3) is 0 Å². The first-order valence-corrected chi connectivity index (χ1v) is 9.29. The Hall–Kier alpha value is -2.25. The van der Waals surface area contributed by atoms with Gasteiger partial charge in [0.05, 0.1) is 4.90 Å². The molecule has 5 nitrogen and oxygen atoms in total. The van der Waals surface area contributed by atoms with Gasteiger partial charge in [0.2, 0.25) is 15.9 Å². The van der Waals surface area contributed by atoms with Crippen molar-refractivity contribution in [2.75, 3.05) is 18.0 Å². The predicted octanol–water partition coefficient (Wildman–Crippen LogP) is 2.77. The highest BCUT2D eigenvalue weighted by molar-refractivity contribution is 7.89. The zero-order chi connectivity index (χ0) is 18.6. The average molecular weight is 364 g/mol. The second-order valence-electron chi connectivity index (χ2n) is 5.82. The van der Waals surface area contributed by atoms with E-state index in [-0.39, 0.29) is 23.9 Å². The number of aryl methyl sites for hydroxylation is 2. The molecule has 25 heavy (non-hydrogen) atoms. The molecule has 0 saturated carbocycles. The molecule has 0 bridgehead atoms. The van der Waals surface area contributed by atoms with Crippen LogP contribution in [0.3, 0.4) is 0 Å². The number of hydrogen-bond acceptors (Lipinski definition) is 3. The summed E-state index contributed by atoms with van der Waals surface area (Å²) in [6.07, 6.45) is 0. The summed E-state index contributed by atoms with van der Waals surface area (Å²) in [6.45, 7) is 5.09. The third-order valence-electron chi connectivity index (χ3n) is 3.75. The first-order chi connectivity index (χ1) is 11.7. The molecule has 0 atom stereocenters. The Morgan fingerprint density at radius 2 is 1.88 bits per heavy atom. The molecule has 0 saturated heterocycles. The normalized spacial score (nSPS) is 11.4. The van der Waals surface area contributed by atoms with Gasteiger partial charge in [0, 0.05) is 25.7 Å². The van der Waals surface area contributed by atoms with Crippen LogP contribution in [0, 0.1) is 19.7 Å². The highest BCUT2D eigenvalue weighted by atomic mass is 32.2. The van der Waals surface area contributed by atoms with Crippen molar-refractivity contribution in [2.45, 2.75) is 25.7 Å². The number of sulfonamides is 1. The van der Waals surface area contributed by atoms with Gasteiger partial charge in [0.1, 0.15) is 5.82 Å². The molecule has 0 unspecified atom stereocenters. The molecule has 0 radical (unpaired) electrons. The molecule has 0 aliphatic carbocycles. The van der Waals surface area contributed by atoms with Gasteiger partial charge in [-0.2, -0.15) is 0 Å². The Morgan fingerprint density at radius 1 is 1.16 bits per heavy atom. The Balaban J connectivity index is 2.10. The Morgan fingerprint density at radius 3 is 2.48 bits per heavy atom. The highest BCUT2D eigenvalue weighted by Gasteiger charge is 2.18. The summed E-state index contributed by atoms with van der Waals surface area (Å²) >= 11 is 0. The fraction of sp³-hybridized carbons (Fsp3) is 0.278. The Bertz CT molecular complexity index is 882. The van der Waals surface area contributed by atoms with E-state index in [0.717, 1.165) is 5.56 Å². The van der Waals surface area contributed by atoms with E-state index in [1.54, 1.807) is 31.2 Å². The van der Waals surface area contributed by atoms with Crippen molar-refractivity contribution in [1.29, 1.82) is 0 Å². The molecule has 0 aliphatic rings. The number of carbonyl (C=O) groups excluding carboxylic acids is 1. The van der Waals surface area contributed by atoms with Crippen LogP contribution in [-0.2, 0) is 14.8 Å². The van der Waals surface area contributed by atoms with Gasteiger partial charge in [0.15, 0.2) is 0 Å². The topological polar surface area (TPSA) is 66.5 Å². The summed E-state index contributed by atoms with van der Waals surface area (Å²) in [5, 5.41) is 0. The van der Waals surface area contributed by atoms with Crippen molar-refractivity contribution in [2.24, 2.45) is 0 Å². The fourth-order valence-electron chi connectivity index (χ4n) is 2.58. The van der Waals surface area contributed by atoms with Crippen LogP contribution in [0.4, 0.5) is 10.1 Å². The van der Waals surface area contributed by atoms with Gasteiger partial charge < -0.3 is 4.90 Å². The second kappa shape index (κ2) is 7.76. The number of rotatable bonds is 6. The van der Waals surface area contributed by atoms with Crippen molar-refractivity contribution in [1.82, 2.24) is 4.72 Å². The molecule has 2 rings (SSSR count). The lowest BCUT2D eigenvalue weighted by atomic mass is 10.2. The van der Waals surface area contributed by atoms with Gasteiger partial charge in [-0.05, 0) is 43.7 Å². The maximum absolute atomic E-state index is 13.4. The third kappa shape index (κ3) is 4.87. The van der Waals surface area contributed by atoms with E-state index in [9.17, 15) is 17.6 Å². The standard InChI is InChI=1S/C18H21FN2O3S/c1-13-7-8-18(14(2)11-13)25(23,24)20-9-10-21(15(3)22)17-6-4-5-16(19)12-17/h4-8,11-12,20H,9-10H2,1-3H3. The zero-order valence-electron chi connectivity index (χ0n) is 14.4. The first kappa shape index (κ1) is 19.1. The number of anilines is 1. The summed E-state index contributed by atoms with van der Waals surface area (Å²) in [5.74, 6) is -0.754. The van der Waals surface area contributed by atoms with Gasteiger partial charge in [-0.15, -0.1) is 0 Å². The van der Waals surface area contributed by atoms with Crippen molar-refractivity contribution < 1.29 is 17.6 Å². The summed E-state index contributed by atoms with van der Waals surface area (Å²) < 4.78 is 40.7. The minimum Gasteiger partial charge on any atom is -0.311 e. The molecular weight excluding hydrogens is 343 g/mol. The highest BCUT2D eigenvalue weighted by Crippen LogP contribution is 2.17. The largest absolute Gasteiger partial charge is 0.311 e. The molecule has 134 valence electrons. The number of carbonyl (C=O) groups is 1.